The normalized spacial score (nSPS) is 12.5. The Morgan fingerprint density at radius 3 is 2.88 bits per heavy atom. The zero-order valence-electron chi connectivity index (χ0n) is 9.96. The van der Waals surface area contributed by atoms with Crippen LogP contribution >= 0.6 is 11.6 Å². The Balaban J connectivity index is 2.37. The van der Waals surface area contributed by atoms with Gasteiger partial charge in [-0.2, -0.15) is 5.10 Å². The third-order valence-electron chi connectivity index (χ3n) is 2.47. The maximum absolute atomic E-state index is 11.5. The molecule has 0 aromatic carbocycles. The molecule has 1 N–H and O–H groups in total. The Morgan fingerprint density at radius 1 is 1.69 bits per heavy atom. The molecule has 1 heterocycles. The number of carbonyl (C=O) groups is 1. The Morgan fingerprint density at radius 2 is 2.38 bits per heavy atom. The Hall–Kier alpha value is -1.03. The van der Waals surface area contributed by atoms with Crippen LogP contribution in [0, 0.1) is 6.92 Å². The summed E-state index contributed by atoms with van der Waals surface area (Å²) < 4.78 is 1.70. The van der Waals surface area contributed by atoms with Crippen LogP contribution in [0.4, 0.5) is 0 Å². The van der Waals surface area contributed by atoms with Gasteiger partial charge in [-0.3, -0.25) is 9.48 Å². The van der Waals surface area contributed by atoms with Gasteiger partial charge >= 0.3 is 0 Å². The van der Waals surface area contributed by atoms with Crippen molar-refractivity contribution in [3.63, 3.8) is 0 Å². The summed E-state index contributed by atoms with van der Waals surface area (Å²) in [6.07, 6.45) is 3.12. The molecule has 0 aliphatic heterocycles. The number of aryl methyl sites for hydroxylation is 2. The van der Waals surface area contributed by atoms with Crippen molar-refractivity contribution in [3.8, 4) is 0 Å². The molecule has 0 saturated heterocycles. The number of hydrogen-bond acceptors (Lipinski definition) is 2. The average molecular weight is 244 g/mol. The Kier molecular flexibility index (Phi) is 4.80. The largest absolute Gasteiger partial charge is 0.354 e. The molecule has 1 aromatic heterocycles. The van der Waals surface area contributed by atoms with Crippen molar-refractivity contribution < 1.29 is 4.79 Å². The monoisotopic (exact) mass is 243 g/mol. The van der Waals surface area contributed by atoms with Crippen LogP contribution in [0.3, 0.4) is 0 Å². The van der Waals surface area contributed by atoms with Gasteiger partial charge in [0.05, 0.1) is 10.7 Å². The topological polar surface area (TPSA) is 46.9 Å². The lowest BCUT2D eigenvalue weighted by Gasteiger charge is -2.10. The average Bonchev–Trinajstić information content (AvgIpc) is 2.55. The van der Waals surface area contributed by atoms with Gasteiger partial charge < -0.3 is 5.32 Å². The lowest BCUT2D eigenvalue weighted by atomic mass is 10.2. The Labute approximate surface area is 101 Å². The summed E-state index contributed by atoms with van der Waals surface area (Å²) in [5, 5.41) is 7.74. The minimum absolute atomic E-state index is 0.0543. The summed E-state index contributed by atoms with van der Waals surface area (Å²) >= 11 is 5.87. The fourth-order valence-electron chi connectivity index (χ4n) is 1.27. The lowest BCUT2D eigenvalue weighted by molar-refractivity contribution is -0.121. The number of nitrogens with zero attached hydrogens (tertiary/aromatic N) is 2. The van der Waals surface area contributed by atoms with Crippen molar-refractivity contribution >= 4 is 17.5 Å². The predicted octanol–water partition coefficient (Wildman–Crippen LogP) is 2.15. The highest BCUT2D eigenvalue weighted by atomic mass is 35.5. The van der Waals surface area contributed by atoms with Crippen molar-refractivity contribution in [2.75, 3.05) is 0 Å². The summed E-state index contributed by atoms with van der Waals surface area (Å²) in [5.74, 6) is 0.0543. The molecule has 1 atom stereocenters. The molecule has 0 radical (unpaired) electrons. The first-order valence-corrected chi connectivity index (χ1v) is 5.89. The fraction of sp³-hybridized carbons (Fsp3) is 0.636. The van der Waals surface area contributed by atoms with Gasteiger partial charge in [0.2, 0.25) is 5.91 Å². The minimum Gasteiger partial charge on any atom is -0.354 e. The van der Waals surface area contributed by atoms with Gasteiger partial charge in [0.1, 0.15) is 0 Å². The highest BCUT2D eigenvalue weighted by Crippen LogP contribution is 2.12. The second-order valence-corrected chi connectivity index (χ2v) is 4.36. The van der Waals surface area contributed by atoms with Crippen LogP contribution in [0.25, 0.3) is 0 Å². The second kappa shape index (κ2) is 5.89. The van der Waals surface area contributed by atoms with E-state index in [2.05, 4.69) is 10.4 Å². The predicted molar refractivity (Wildman–Crippen MR) is 64.5 cm³/mol. The van der Waals surface area contributed by atoms with Crippen LogP contribution in [0.1, 0.15) is 32.4 Å². The molecule has 90 valence electrons. The number of hydrogen-bond donors (Lipinski definition) is 1. The first-order chi connectivity index (χ1) is 7.52. The zero-order chi connectivity index (χ0) is 12.1. The molecule has 0 fully saturated rings. The molecule has 0 bridgehead atoms. The standard InChI is InChI=1S/C11H18ClN3O/c1-4-8(2)13-11(16)5-6-15-7-10(12)9(3)14-15/h7-8H,4-6H2,1-3H3,(H,13,16). The molecular weight excluding hydrogens is 226 g/mol. The zero-order valence-corrected chi connectivity index (χ0v) is 10.7. The summed E-state index contributed by atoms with van der Waals surface area (Å²) in [6, 6.07) is 0.232. The summed E-state index contributed by atoms with van der Waals surface area (Å²) in [6.45, 7) is 6.45. The number of carbonyl (C=O) groups excluding carboxylic acids is 1. The SMILES string of the molecule is CCC(C)NC(=O)CCn1cc(Cl)c(C)n1. The van der Waals surface area contributed by atoms with Gasteiger partial charge in [-0.15, -0.1) is 0 Å². The molecule has 1 unspecified atom stereocenters. The van der Waals surface area contributed by atoms with Crippen molar-refractivity contribution in [2.45, 2.75) is 46.2 Å². The van der Waals surface area contributed by atoms with Crippen LogP contribution in [-0.2, 0) is 11.3 Å². The number of amides is 1. The summed E-state index contributed by atoms with van der Waals surface area (Å²) in [4.78, 5) is 11.5. The van der Waals surface area contributed by atoms with Crippen molar-refractivity contribution in [3.05, 3.63) is 16.9 Å². The number of halogens is 1. The van der Waals surface area contributed by atoms with Gasteiger partial charge in [0.25, 0.3) is 0 Å². The van der Waals surface area contributed by atoms with E-state index in [1.54, 1.807) is 10.9 Å². The minimum atomic E-state index is 0.0543. The maximum atomic E-state index is 11.5. The highest BCUT2D eigenvalue weighted by Gasteiger charge is 2.07. The van der Waals surface area contributed by atoms with Crippen molar-refractivity contribution in [2.24, 2.45) is 0 Å². The van der Waals surface area contributed by atoms with E-state index < -0.39 is 0 Å². The lowest BCUT2D eigenvalue weighted by Crippen LogP contribution is -2.32. The quantitative estimate of drug-likeness (QED) is 0.862. The van der Waals surface area contributed by atoms with E-state index in [1.807, 2.05) is 20.8 Å². The van der Waals surface area contributed by atoms with E-state index in [9.17, 15) is 4.79 Å². The third-order valence-corrected chi connectivity index (χ3v) is 2.85. The van der Waals surface area contributed by atoms with E-state index in [4.69, 9.17) is 11.6 Å². The van der Waals surface area contributed by atoms with Gasteiger partial charge in [0.15, 0.2) is 0 Å². The molecule has 4 nitrogen and oxygen atoms in total. The second-order valence-electron chi connectivity index (χ2n) is 3.95. The van der Waals surface area contributed by atoms with Crippen LogP contribution in [0.5, 0.6) is 0 Å². The molecule has 0 aliphatic rings. The smallest absolute Gasteiger partial charge is 0.222 e. The number of aromatic nitrogens is 2. The van der Waals surface area contributed by atoms with Crippen molar-refractivity contribution in [1.82, 2.24) is 15.1 Å². The molecule has 1 amide bonds. The van der Waals surface area contributed by atoms with Crippen LogP contribution in [0.15, 0.2) is 6.20 Å². The highest BCUT2D eigenvalue weighted by molar-refractivity contribution is 6.31. The first-order valence-electron chi connectivity index (χ1n) is 5.51. The van der Waals surface area contributed by atoms with E-state index >= 15 is 0 Å². The van der Waals surface area contributed by atoms with Gasteiger partial charge in [-0.25, -0.2) is 0 Å². The first kappa shape index (κ1) is 13.0. The van der Waals surface area contributed by atoms with E-state index in [0.717, 1.165) is 12.1 Å². The molecule has 1 rings (SSSR count). The van der Waals surface area contributed by atoms with Gasteiger partial charge in [0, 0.05) is 25.2 Å². The molecule has 0 spiro atoms. The van der Waals surface area contributed by atoms with Gasteiger partial charge in [-0.1, -0.05) is 18.5 Å². The number of rotatable bonds is 5. The third kappa shape index (κ3) is 3.85. The molecule has 0 aliphatic carbocycles. The maximum Gasteiger partial charge on any atom is 0.222 e. The van der Waals surface area contributed by atoms with Crippen LogP contribution in [0.2, 0.25) is 5.02 Å². The molecule has 0 saturated carbocycles. The summed E-state index contributed by atoms with van der Waals surface area (Å²) in [5.41, 5.74) is 0.795. The molecule has 16 heavy (non-hydrogen) atoms. The van der Waals surface area contributed by atoms with E-state index in [-0.39, 0.29) is 11.9 Å². The molecule has 1 aromatic rings. The van der Waals surface area contributed by atoms with E-state index in [0.29, 0.717) is 18.0 Å². The summed E-state index contributed by atoms with van der Waals surface area (Å²) in [7, 11) is 0. The Bertz CT molecular complexity index is 343. The molecular formula is C11H18ClN3O. The van der Waals surface area contributed by atoms with Crippen LogP contribution in [-0.4, -0.2) is 21.7 Å². The van der Waals surface area contributed by atoms with Crippen LogP contribution < -0.4 is 5.32 Å². The van der Waals surface area contributed by atoms with Crippen molar-refractivity contribution in [1.29, 1.82) is 0 Å². The number of nitrogens with one attached hydrogen (secondary N) is 1. The molecule has 5 heteroatoms. The fourth-order valence-corrected chi connectivity index (χ4v) is 1.42. The van der Waals surface area contributed by atoms with Gasteiger partial charge in [-0.05, 0) is 20.3 Å². The van der Waals surface area contributed by atoms with E-state index in [1.165, 1.54) is 0 Å².